The van der Waals surface area contributed by atoms with Crippen molar-refractivity contribution in [2.24, 2.45) is 0 Å². The molecule has 36 heavy (non-hydrogen) atoms. The van der Waals surface area contributed by atoms with Gasteiger partial charge < -0.3 is 14.3 Å². The van der Waals surface area contributed by atoms with Crippen LogP contribution < -0.4 is 4.43 Å². The molecule has 0 spiro atoms. The smallest absolute Gasteiger partial charge is 0.258 e. The van der Waals surface area contributed by atoms with Crippen molar-refractivity contribution in [3.8, 4) is 5.75 Å². The lowest BCUT2D eigenvalue weighted by Crippen LogP contribution is -2.50. The van der Waals surface area contributed by atoms with Crippen molar-refractivity contribution in [2.75, 3.05) is 6.61 Å². The van der Waals surface area contributed by atoms with Crippen LogP contribution in [0, 0.1) is 0 Å². The molecule has 0 radical (unpaired) electrons. The van der Waals surface area contributed by atoms with Crippen molar-refractivity contribution < 1.29 is 14.3 Å². The third kappa shape index (κ3) is 6.72. The fourth-order valence-corrected chi connectivity index (χ4v) is 10.4. The van der Waals surface area contributed by atoms with Gasteiger partial charge in [0.25, 0.3) is 8.32 Å². The van der Waals surface area contributed by atoms with Crippen LogP contribution in [0.1, 0.15) is 64.1 Å². The third-order valence-electron chi connectivity index (χ3n) is 6.82. The molecule has 1 aromatic heterocycles. The monoisotopic (exact) mass is 507 g/mol. The fourth-order valence-electron chi connectivity index (χ4n) is 5.12. The number of benzene rings is 2. The van der Waals surface area contributed by atoms with E-state index < -0.39 is 8.32 Å². The van der Waals surface area contributed by atoms with Crippen molar-refractivity contribution in [3.05, 3.63) is 77.1 Å². The maximum Gasteiger partial charge on any atom is 0.258 e. The number of hydrogen-bond donors (Lipinski definition) is 1. The summed E-state index contributed by atoms with van der Waals surface area (Å²) in [7, 11) is -1.97. The van der Waals surface area contributed by atoms with Gasteiger partial charge in [-0.2, -0.15) is 0 Å². The Hall–Kier alpha value is -2.74. The predicted octanol–water partition coefficient (Wildman–Crippen LogP) is 6.71. The van der Waals surface area contributed by atoms with E-state index in [9.17, 15) is 5.11 Å². The standard InChI is InChI=1S/C29H41N3O3Si/c1-22(2)36(23(3)4,24(5)6)35-27-15-12-26(13-16-27)20-34-21-28-29(32(18-19-33)31-30-28)17-14-25-10-8-7-9-11-25/h7-17,22-24,33H,18-21H2,1-6H3. The Bertz CT molecular complexity index is 1070. The molecule has 0 saturated carbocycles. The Morgan fingerprint density at radius 1 is 0.861 bits per heavy atom. The lowest BCUT2D eigenvalue weighted by Gasteiger charge is -2.42. The van der Waals surface area contributed by atoms with Crippen molar-refractivity contribution in [2.45, 2.75) is 77.9 Å². The summed E-state index contributed by atoms with van der Waals surface area (Å²) in [6, 6.07) is 18.4. The fraction of sp³-hybridized carbons (Fsp3) is 0.448. The van der Waals surface area contributed by atoms with Gasteiger partial charge in [0.15, 0.2) is 0 Å². The number of rotatable bonds is 13. The Kier molecular flexibility index (Phi) is 10.0. The Labute approximate surface area is 217 Å². The predicted molar refractivity (Wildman–Crippen MR) is 149 cm³/mol. The van der Waals surface area contributed by atoms with E-state index in [4.69, 9.17) is 9.16 Å². The van der Waals surface area contributed by atoms with Crippen LogP contribution in [0.5, 0.6) is 5.75 Å². The van der Waals surface area contributed by atoms with E-state index in [-0.39, 0.29) is 6.61 Å². The SMILES string of the molecule is CC(C)[Si](Oc1ccc(COCc2nnn(CCO)c2C=Cc2ccccc2)cc1)(C(C)C)C(C)C. The van der Waals surface area contributed by atoms with Gasteiger partial charge in [-0.3, -0.25) is 0 Å². The molecule has 2 aromatic carbocycles. The first kappa shape index (κ1) is 27.8. The molecule has 1 N–H and O–H groups in total. The van der Waals surface area contributed by atoms with E-state index in [1.807, 2.05) is 42.5 Å². The number of aromatic nitrogens is 3. The minimum atomic E-state index is -1.97. The summed E-state index contributed by atoms with van der Waals surface area (Å²) in [4.78, 5) is 0. The highest BCUT2D eigenvalue weighted by atomic mass is 28.4. The zero-order valence-electron chi connectivity index (χ0n) is 22.5. The molecule has 3 aromatic rings. The second kappa shape index (κ2) is 13.0. The summed E-state index contributed by atoms with van der Waals surface area (Å²) >= 11 is 0. The molecule has 0 saturated heterocycles. The minimum absolute atomic E-state index is 0.00117. The highest BCUT2D eigenvalue weighted by Crippen LogP contribution is 2.42. The zero-order valence-corrected chi connectivity index (χ0v) is 23.5. The number of ether oxygens (including phenoxy) is 1. The van der Waals surface area contributed by atoms with Crippen LogP contribution in [0.4, 0.5) is 0 Å². The zero-order chi connectivity index (χ0) is 26.1. The molecule has 3 rings (SSSR count). The quantitative estimate of drug-likeness (QED) is 0.260. The second-order valence-electron chi connectivity index (χ2n) is 10.2. The van der Waals surface area contributed by atoms with Crippen LogP contribution in [0.15, 0.2) is 54.6 Å². The van der Waals surface area contributed by atoms with E-state index in [1.54, 1.807) is 4.68 Å². The van der Waals surface area contributed by atoms with Crippen molar-refractivity contribution in [1.82, 2.24) is 15.0 Å². The number of nitrogens with zero attached hydrogens (tertiary/aromatic N) is 3. The van der Waals surface area contributed by atoms with Gasteiger partial charge in [-0.15, -0.1) is 5.10 Å². The summed E-state index contributed by atoms with van der Waals surface area (Å²) in [5.74, 6) is 0.946. The van der Waals surface area contributed by atoms with Crippen LogP contribution in [0.2, 0.25) is 16.6 Å². The molecule has 0 bridgehead atoms. The molecule has 0 unspecified atom stereocenters. The first-order valence-electron chi connectivity index (χ1n) is 12.9. The number of hydrogen-bond acceptors (Lipinski definition) is 5. The lowest BCUT2D eigenvalue weighted by molar-refractivity contribution is 0.104. The topological polar surface area (TPSA) is 69.4 Å². The Morgan fingerprint density at radius 3 is 2.08 bits per heavy atom. The number of aliphatic hydroxyl groups is 1. The summed E-state index contributed by atoms with van der Waals surface area (Å²) in [5.41, 5.74) is 5.35. The molecule has 7 heteroatoms. The van der Waals surface area contributed by atoms with Gasteiger partial charge in [0.05, 0.1) is 32.1 Å². The molecule has 1 heterocycles. The minimum Gasteiger partial charge on any atom is -0.543 e. The molecule has 0 amide bonds. The molecule has 0 atom stereocenters. The summed E-state index contributed by atoms with van der Waals surface area (Å²) in [5, 5.41) is 17.9. The molecule has 0 aliphatic rings. The van der Waals surface area contributed by atoms with E-state index in [1.165, 1.54) is 0 Å². The molecule has 0 aliphatic heterocycles. The maximum absolute atomic E-state index is 9.40. The van der Waals surface area contributed by atoms with Gasteiger partial charge in [-0.05, 0) is 46.0 Å². The molecule has 6 nitrogen and oxygen atoms in total. The molecule has 0 fully saturated rings. The van der Waals surface area contributed by atoms with Crippen molar-refractivity contribution in [1.29, 1.82) is 0 Å². The van der Waals surface area contributed by atoms with Gasteiger partial charge in [0.1, 0.15) is 11.4 Å². The van der Waals surface area contributed by atoms with Gasteiger partial charge in [0, 0.05) is 0 Å². The average Bonchev–Trinajstić information content (AvgIpc) is 3.23. The highest BCUT2D eigenvalue weighted by molar-refractivity contribution is 6.78. The third-order valence-corrected chi connectivity index (χ3v) is 12.8. The maximum atomic E-state index is 9.40. The molecular formula is C29H41N3O3Si. The van der Waals surface area contributed by atoms with Gasteiger partial charge in [-0.25, -0.2) is 4.68 Å². The van der Waals surface area contributed by atoms with Gasteiger partial charge in [-0.1, -0.05) is 95.3 Å². The van der Waals surface area contributed by atoms with Gasteiger partial charge >= 0.3 is 0 Å². The van der Waals surface area contributed by atoms with Crippen molar-refractivity contribution >= 4 is 20.5 Å². The largest absolute Gasteiger partial charge is 0.543 e. The number of aliphatic hydroxyl groups excluding tert-OH is 1. The summed E-state index contributed by atoms with van der Waals surface area (Å²) in [6.07, 6.45) is 3.99. The van der Waals surface area contributed by atoms with E-state index in [0.29, 0.717) is 36.4 Å². The van der Waals surface area contributed by atoms with Crippen molar-refractivity contribution in [3.63, 3.8) is 0 Å². The Balaban J connectivity index is 1.65. The average molecular weight is 508 g/mol. The summed E-state index contributed by atoms with van der Waals surface area (Å²) in [6.45, 7) is 15.0. The van der Waals surface area contributed by atoms with E-state index in [0.717, 1.165) is 28.3 Å². The van der Waals surface area contributed by atoms with Crippen LogP contribution in [0.3, 0.4) is 0 Å². The van der Waals surface area contributed by atoms with Crippen LogP contribution in [-0.4, -0.2) is 35.0 Å². The lowest BCUT2D eigenvalue weighted by atomic mass is 10.2. The first-order chi connectivity index (χ1) is 17.3. The van der Waals surface area contributed by atoms with Crippen LogP contribution in [0.25, 0.3) is 12.2 Å². The van der Waals surface area contributed by atoms with E-state index in [2.05, 4.69) is 76.1 Å². The van der Waals surface area contributed by atoms with Crippen LogP contribution >= 0.6 is 0 Å². The molecule has 0 aliphatic carbocycles. The first-order valence-corrected chi connectivity index (χ1v) is 15.0. The second-order valence-corrected chi connectivity index (χ2v) is 15.5. The van der Waals surface area contributed by atoms with E-state index >= 15 is 0 Å². The Morgan fingerprint density at radius 2 is 1.50 bits per heavy atom. The van der Waals surface area contributed by atoms with Gasteiger partial charge in [0.2, 0.25) is 0 Å². The molecule has 194 valence electrons. The molecular weight excluding hydrogens is 466 g/mol. The van der Waals surface area contributed by atoms with Crippen LogP contribution in [-0.2, 0) is 24.5 Å². The summed E-state index contributed by atoms with van der Waals surface area (Å²) < 4.78 is 14.5. The highest BCUT2D eigenvalue weighted by Gasteiger charge is 2.46. The normalized spacial score (nSPS) is 12.4.